The van der Waals surface area contributed by atoms with Crippen LogP contribution < -0.4 is 9.47 Å². The van der Waals surface area contributed by atoms with Crippen LogP contribution in [0.5, 0.6) is 11.5 Å². The number of fused-ring (bicyclic) bond motifs is 1. The molecule has 0 aromatic heterocycles. The SMILES string of the molecule is COc1ccc(C2/C(=C(/O)c3ccc4c(c3)CCO4)C(=O)C(=O)N2CCCN(C)C)cc1. The van der Waals surface area contributed by atoms with Crippen molar-refractivity contribution in [1.82, 2.24) is 9.80 Å². The van der Waals surface area contributed by atoms with Gasteiger partial charge in [0.2, 0.25) is 0 Å². The second-order valence-electron chi connectivity index (χ2n) is 8.34. The fourth-order valence-corrected chi connectivity index (χ4v) is 4.29. The predicted octanol–water partition coefficient (Wildman–Crippen LogP) is 3.00. The summed E-state index contributed by atoms with van der Waals surface area (Å²) in [5.41, 5.74) is 2.36. The van der Waals surface area contributed by atoms with Gasteiger partial charge in [-0.15, -0.1) is 0 Å². The fourth-order valence-electron chi connectivity index (χ4n) is 4.29. The first-order valence-corrected chi connectivity index (χ1v) is 10.7. The van der Waals surface area contributed by atoms with Crippen LogP contribution >= 0.6 is 0 Å². The summed E-state index contributed by atoms with van der Waals surface area (Å²) >= 11 is 0. The molecule has 168 valence electrons. The van der Waals surface area contributed by atoms with E-state index in [4.69, 9.17) is 9.47 Å². The van der Waals surface area contributed by atoms with Crippen LogP contribution in [0.2, 0.25) is 0 Å². The molecule has 7 nitrogen and oxygen atoms in total. The van der Waals surface area contributed by atoms with Gasteiger partial charge < -0.3 is 24.4 Å². The van der Waals surface area contributed by atoms with Gasteiger partial charge in [0.05, 0.1) is 25.3 Å². The van der Waals surface area contributed by atoms with Crippen LogP contribution in [0, 0.1) is 0 Å². The normalized spacial score (nSPS) is 19.4. The molecule has 2 aliphatic heterocycles. The number of likely N-dealkylation sites (tertiary alicyclic amines) is 1. The zero-order chi connectivity index (χ0) is 22.8. The highest BCUT2D eigenvalue weighted by atomic mass is 16.5. The number of benzene rings is 2. The number of ketones is 1. The summed E-state index contributed by atoms with van der Waals surface area (Å²) in [7, 11) is 5.51. The third-order valence-corrected chi connectivity index (χ3v) is 5.94. The van der Waals surface area contributed by atoms with Crippen LogP contribution in [0.15, 0.2) is 48.0 Å². The molecule has 2 aromatic rings. The molecule has 2 aliphatic rings. The number of hydrogen-bond donors (Lipinski definition) is 1. The van der Waals surface area contributed by atoms with Crippen LogP contribution in [-0.4, -0.2) is 67.5 Å². The standard InChI is InChI=1S/C25H28N2O5/c1-26(2)12-4-13-27-22(16-5-8-19(31-3)9-6-16)21(24(29)25(27)30)23(28)18-7-10-20-17(15-18)11-14-32-20/h5-10,15,22,28H,4,11-14H2,1-3H3/b23-21-. The first kappa shape index (κ1) is 21.9. The van der Waals surface area contributed by atoms with Gasteiger partial charge in [-0.3, -0.25) is 9.59 Å². The van der Waals surface area contributed by atoms with Gasteiger partial charge in [-0.05, 0) is 68.5 Å². The van der Waals surface area contributed by atoms with E-state index in [2.05, 4.69) is 0 Å². The average molecular weight is 437 g/mol. The van der Waals surface area contributed by atoms with Crippen molar-refractivity contribution in [3.63, 3.8) is 0 Å². The van der Waals surface area contributed by atoms with E-state index in [0.717, 1.165) is 29.8 Å². The molecule has 2 heterocycles. The number of rotatable bonds is 7. The van der Waals surface area contributed by atoms with E-state index < -0.39 is 17.7 Å². The lowest BCUT2D eigenvalue weighted by Gasteiger charge is -2.26. The summed E-state index contributed by atoms with van der Waals surface area (Å²) in [6.45, 7) is 1.79. The highest BCUT2D eigenvalue weighted by molar-refractivity contribution is 6.46. The molecule has 0 aliphatic carbocycles. The van der Waals surface area contributed by atoms with E-state index in [1.54, 1.807) is 36.3 Å². The lowest BCUT2D eigenvalue weighted by Crippen LogP contribution is -2.32. The second-order valence-corrected chi connectivity index (χ2v) is 8.34. The second kappa shape index (κ2) is 9.04. The topological polar surface area (TPSA) is 79.3 Å². The zero-order valence-corrected chi connectivity index (χ0v) is 18.6. The Labute approximate surface area is 187 Å². The maximum Gasteiger partial charge on any atom is 0.295 e. The number of aliphatic hydroxyl groups is 1. The van der Waals surface area contributed by atoms with Crippen LogP contribution in [0.25, 0.3) is 5.76 Å². The lowest BCUT2D eigenvalue weighted by atomic mass is 9.94. The number of amides is 1. The molecule has 2 aromatic carbocycles. The number of methoxy groups -OCH3 is 1. The van der Waals surface area contributed by atoms with Crippen molar-refractivity contribution in [2.24, 2.45) is 0 Å². The van der Waals surface area contributed by atoms with Crippen molar-refractivity contribution in [3.05, 3.63) is 64.7 Å². The van der Waals surface area contributed by atoms with Crippen molar-refractivity contribution in [3.8, 4) is 11.5 Å². The van der Waals surface area contributed by atoms with E-state index in [1.165, 1.54) is 0 Å². The lowest BCUT2D eigenvalue weighted by molar-refractivity contribution is -0.139. The maximum atomic E-state index is 13.1. The smallest absolute Gasteiger partial charge is 0.295 e. The van der Waals surface area contributed by atoms with Gasteiger partial charge in [0, 0.05) is 18.5 Å². The van der Waals surface area contributed by atoms with Crippen molar-refractivity contribution >= 4 is 17.4 Å². The van der Waals surface area contributed by atoms with E-state index in [9.17, 15) is 14.7 Å². The Morgan fingerprint density at radius 2 is 1.94 bits per heavy atom. The molecule has 4 rings (SSSR count). The minimum atomic E-state index is -0.662. The number of Topliss-reactive ketones (excluding diaryl/α,β-unsaturated/α-hetero) is 1. The van der Waals surface area contributed by atoms with Gasteiger partial charge in [-0.1, -0.05) is 12.1 Å². The molecule has 0 saturated carbocycles. The van der Waals surface area contributed by atoms with E-state index >= 15 is 0 Å². The van der Waals surface area contributed by atoms with Gasteiger partial charge in [-0.25, -0.2) is 0 Å². The Morgan fingerprint density at radius 1 is 1.19 bits per heavy atom. The molecule has 0 bridgehead atoms. The summed E-state index contributed by atoms with van der Waals surface area (Å²) in [5, 5.41) is 11.2. The van der Waals surface area contributed by atoms with Gasteiger partial charge in [-0.2, -0.15) is 0 Å². The molecule has 0 spiro atoms. The number of carbonyl (C=O) groups excluding carboxylic acids is 2. The highest BCUT2D eigenvalue weighted by Crippen LogP contribution is 2.40. The summed E-state index contributed by atoms with van der Waals surface area (Å²) in [6, 6.07) is 12.0. The van der Waals surface area contributed by atoms with Crippen LogP contribution in [0.4, 0.5) is 0 Å². The first-order chi connectivity index (χ1) is 15.4. The van der Waals surface area contributed by atoms with Gasteiger partial charge in [0.25, 0.3) is 11.7 Å². The van der Waals surface area contributed by atoms with E-state index in [1.807, 2.05) is 37.2 Å². The minimum absolute atomic E-state index is 0.115. The quantitative estimate of drug-likeness (QED) is 0.408. The minimum Gasteiger partial charge on any atom is -0.507 e. The summed E-state index contributed by atoms with van der Waals surface area (Å²) in [5.74, 6) is 0.0591. The molecule has 32 heavy (non-hydrogen) atoms. The van der Waals surface area contributed by atoms with Crippen LogP contribution in [0.1, 0.15) is 29.2 Å². The number of carbonyl (C=O) groups is 2. The molecular weight excluding hydrogens is 408 g/mol. The summed E-state index contributed by atoms with van der Waals surface area (Å²) in [4.78, 5) is 29.7. The molecule has 1 atom stereocenters. The Morgan fingerprint density at radius 3 is 2.62 bits per heavy atom. The molecule has 1 saturated heterocycles. The van der Waals surface area contributed by atoms with Crippen molar-refractivity contribution in [2.45, 2.75) is 18.9 Å². The third kappa shape index (κ3) is 4.08. The van der Waals surface area contributed by atoms with Crippen LogP contribution in [-0.2, 0) is 16.0 Å². The zero-order valence-electron chi connectivity index (χ0n) is 18.6. The van der Waals surface area contributed by atoms with E-state index in [0.29, 0.717) is 30.9 Å². The highest BCUT2D eigenvalue weighted by Gasteiger charge is 2.45. The molecule has 0 radical (unpaired) electrons. The maximum absolute atomic E-state index is 13.1. The number of nitrogens with zero attached hydrogens (tertiary/aromatic N) is 2. The van der Waals surface area contributed by atoms with Crippen molar-refractivity contribution < 1.29 is 24.2 Å². The molecule has 1 unspecified atom stereocenters. The number of ether oxygens (including phenoxy) is 2. The van der Waals surface area contributed by atoms with Crippen molar-refractivity contribution in [1.29, 1.82) is 0 Å². The van der Waals surface area contributed by atoms with Gasteiger partial charge in [0.1, 0.15) is 17.3 Å². The molecule has 1 N–H and O–H groups in total. The number of aliphatic hydroxyl groups excluding tert-OH is 1. The average Bonchev–Trinajstić information content (AvgIpc) is 3.36. The Balaban J connectivity index is 1.77. The molecule has 7 heteroatoms. The molecule has 1 fully saturated rings. The van der Waals surface area contributed by atoms with Gasteiger partial charge in [0.15, 0.2) is 0 Å². The monoisotopic (exact) mass is 436 g/mol. The van der Waals surface area contributed by atoms with Crippen molar-refractivity contribution in [2.75, 3.05) is 40.9 Å². The fraction of sp³-hybridized carbons (Fsp3) is 0.360. The molecule has 1 amide bonds. The Bertz CT molecular complexity index is 1060. The first-order valence-electron chi connectivity index (χ1n) is 10.7. The Kier molecular flexibility index (Phi) is 6.19. The summed E-state index contributed by atoms with van der Waals surface area (Å²) in [6.07, 6.45) is 1.46. The Hall–Kier alpha value is -3.32. The largest absolute Gasteiger partial charge is 0.507 e. The van der Waals surface area contributed by atoms with Gasteiger partial charge >= 0.3 is 0 Å². The van der Waals surface area contributed by atoms with E-state index in [-0.39, 0.29) is 11.3 Å². The summed E-state index contributed by atoms with van der Waals surface area (Å²) < 4.78 is 10.8. The van der Waals surface area contributed by atoms with Crippen LogP contribution in [0.3, 0.4) is 0 Å². The number of hydrogen-bond acceptors (Lipinski definition) is 6. The third-order valence-electron chi connectivity index (χ3n) is 5.94. The molecular formula is C25H28N2O5. The predicted molar refractivity (Wildman–Crippen MR) is 121 cm³/mol.